The molecule has 0 aromatic carbocycles. The van der Waals surface area contributed by atoms with Gasteiger partial charge in [-0.05, 0) is 49.9 Å². The zero-order valence-corrected chi connectivity index (χ0v) is 15.6. The molecule has 3 N–H and O–H groups in total. The largest absolute Gasteiger partial charge is 0.511 e. The van der Waals surface area contributed by atoms with Gasteiger partial charge < -0.3 is 25.2 Å². The van der Waals surface area contributed by atoms with Crippen molar-refractivity contribution in [2.24, 2.45) is 0 Å². The quantitative estimate of drug-likeness (QED) is 0.678. The van der Waals surface area contributed by atoms with Crippen LogP contribution in [0, 0.1) is 12.7 Å². The molecule has 1 aliphatic carbocycles. The Labute approximate surface area is 160 Å². The number of rotatable bonds is 4. The molecule has 1 aliphatic heterocycles. The van der Waals surface area contributed by atoms with Crippen molar-refractivity contribution in [3.8, 4) is 5.75 Å². The van der Waals surface area contributed by atoms with Crippen LogP contribution < -0.4 is 20.5 Å². The molecule has 0 spiro atoms. The summed E-state index contributed by atoms with van der Waals surface area (Å²) in [6.07, 6.45) is 0.695. The minimum absolute atomic E-state index is 0.175. The Kier molecular flexibility index (Phi) is 4.51. The third-order valence-corrected chi connectivity index (χ3v) is 5.60. The zero-order chi connectivity index (χ0) is 20.2. The molecule has 2 atom stereocenters. The third kappa shape index (κ3) is 3.00. The summed E-state index contributed by atoms with van der Waals surface area (Å²) in [6.45, 7) is 2.47. The molecule has 1 saturated carbocycles. The minimum Gasteiger partial charge on any atom is -0.449 e. The zero-order valence-electron chi connectivity index (χ0n) is 15.6. The summed E-state index contributed by atoms with van der Waals surface area (Å²) in [5, 5.41) is 22.1. The second-order valence-corrected chi connectivity index (χ2v) is 7.45. The van der Waals surface area contributed by atoms with Gasteiger partial charge in [-0.1, -0.05) is 0 Å². The Morgan fingerprint density at radius 3 is 2.64 bits per heavy atom. The number of aromatic nitrogens is 1. The van der Waals surface area contributed by atoms with Crippen molar-refractivity contribution >= 4 is 17.4 Å². The first-order valence-corrected chi connectivity index (χ1v) is 9.21. The maximum Gasteiger partial charge on any atom is 0.511 e. The number of nitrogens with one attached hydrogen (secondary N) is 1. The summed E-state index contributed by atoms with van der Waals surface area (Å²) in [6, 6.07) is 1.29. The average molecular weight is 391 g/mol. The Bertz CT molecular complexity index is 1020. The van der Waals surface area contributed by atoms with Crippen LogP contribution in [0.4, 0.5) is 14.9 Å². The number of pyridine rings is 2. The van der Waals surface area contributed by atoms with Crippen LogP contribution in [0.2, 0.25) is 0 Å². The lowest BCUT2D eigenvalue weighted by atomic mass is 10.0. The van der Waals surface area contributed by atoms with E-state index in [0.29, 0.717) is 23.3 Å². The number of likely N-dealkylation sites (N-methyl/N-ethyl adjacent to an activating group) is 1. The number of aryl methyl sites for hydroxylation is 1. The number of hydrogen-bond acceptors (Lipinski definition) is 6. The molecule has 0 radical (unpaired) electrons. The smallest absolute Gasteiger partial charge is 0.449 e. The number of nitrogens with zero attached hydrogens (tertiary/aromatic N) is 2. The summed E-state index contributed by atoms with van der Waals surface area (Å²) < 4.78 is 20.8. The summed E-state index contributed by atoms with van der Waals surface area (Å²) in [4.78, 5) is 25.4. The number of β-amino-alcohol motifs (C(OH)–C–C–N with tert-alkyl or cyclic N) is 1. The first-order chi connectivity index (χ1) is 13.3. The molecule has 28 heavy (non-hydrogen) atoms. The van der Waals surface area contributed by atoms with Gasteiger partial charge in [-0.25, -0.2) is 9.18 Å². The number of anilines is 1. The van der Waals surface area contributed by atoms with Gasteiger partial charge in [0.25, 0.3) is 5.56 Å². The lowest BCUT2D eigenvalue weighted by molar-refractivity contribution is 0.143. The fourth-order valence-electron chi connectivity index (χ4n) is 4.13. The molecule has 2 unspecified atom stereocenters. The number of halogens is 1. The number of aliphatic hydroxyl groups is 1. The van der Waals surface area contributed by atoms with Crippen LogP contribution in [0.5, 0.6) is 5.75 Å². The number of fused-ring (bicyclic) bond motifs is 1. The van der Waals surface area contributed by atoms with Gasteiger partial charge in [-0.2, -0.15) is 0 Å². The van der Waals surface area contributed by atoms with Crippen LogP contribution in [0.15, 0.2) is 17.1 Å². The number of carboxylic acid groups (broad SMARTS) is 1. The molecule has 8 nitrogen and oxygen atoms in total. The first-order valence-electron chi connectivity index (χ1n) is 9.21. The molecular formula is C19H22FN3O5. The summed E-state index contributed by atoms with van der Waals surface area (Å²) in [5.41, 5.74) is 1.57. The highest BCUT2D eigenvalue weighted by Gasteiger charge is 2.34. The predicted octanol–water partition coefficient (Wildman–Crippen LogP) is 1.45. The fraction of sp³-hybridized carbons (Fsp3) is 0.474. The highest BCUT2D eigenvalue weighted by molar-refractivity contribution is 5.74. The highest BCUT2D eigenvalue weighted by atomic mass is 19.1. The maximum atomic E-state index is 15.1. The van der Waals surface area contributed by atoms with E-state index in [0.717, 1.165) is 29.0 Å². The van der Waals surface area contributed by atoms with E-state index in [1.54, 1.807) is 18.9 Å². The number of hydrogen-bond donors (Lipinski definition) is 3. The van der Waals surface area contributed by atoms with E-state index < -0.39 is 23.6 Å². The van der Waals surface area contributed by atoms with Gasteiger partial charge in [-0.3, -0.25) is 9.20 Å². The monoisotopic (exact) mass is 391 g/mol. The van der Waals surface area contributed by atoms with Crippen molar-refractivity contribution < 1.29 is 24.1 Å². The topological polar surface area (TPSA) is 104 Å². The van der Waals surface area contributed by atoms with Gasteiger partial charge in [-0.15, -0.1) is 0 Å². The average Bonchev–Trinajstić information content (AvgIpc) is 3.40. The van der Waals surface area contributed by atoms with Crippen molar-refractivity contribution in [1.29, 1.82) is 0 Å². The Morgan fingerprint density at radius 2 is 2.07 bits per heavy atom. The normalized spacial score (nSPS) is 22.1. The number of carbonyl (C=O) groups is 1. The van der Waals surface area contributed by atoms with Gasteiger partial charge in [0.05, 0.1) is 29.5 Å². The second-order valence-electron chi connectivity index (χ2n) is 7.45. The lowest BCUT2D eigenvalue weighted by Gasteiger charge is -2.24. The van der Waals surface area contributed by atoms with Crippen molar-refractivity contribution in [3.63, 3.8) is 0 Å². The second kappa shape index (κ2) is 6.75. The molecule has 1 saturated heterocycles. The van der Waals surface area contributed by atoms with E-state index >= 15 is 4.39 Å². The molecule has 2 fully saturated rings. The van der Waals surface area contributed by atoms with Gasteiger partial charge in [0.1, 0.15) is 0 Å². The molecule has 0 bridgehead atoms. The molecule has 2 aliphatic rings. The molecule has 9 heteroatoms. The maximum absolute atomic E-state index is 15.1. The van der Waals surface area contributed by atoms with E-state index in [1.165, 1.54) is 6.07 Å². The minimum atomic E-state index is -1.59. The van der Waals surface area contributed by atoms with E-state index in [1.807, 2.05) is 0 Å². The number of aliphatic hydroxyl groups excluding tert-OH is 1. The highest BCUT2D eigenvalue weighted by Crippen LogP contribution is 2.44. The Hall–Kier alpha value is -2.65. The van der Waals surface area contributed by atoms with Gasteiger partial charge >= 0.3 is 6.16 Å². The molecule has 150 valence electrons. The van der Waals surface area contributed by atoms with Crippen LogP contribution in [-0.4, -0.2) is 53.1 Å². The van der Waals surface area contributed by atoms with Crippen LogP contribution in [0.1, 0.15) is 29.9 Å². The van der Waals surface area contributed by atoms with Crippen LogP contribution in [-0.2, 0) is 0 Å². The molecule has 2 aromatic heterocycles. The van der Waals surface area contributed by atoms with Crippen molar-refractivity contribution in [2.45, 2.75) is 37.8 Å². The third-order valence-electron chi connectivity index (χ3n) is 5.60. The van der Waals surface area contributed by atoms with E-state index in [2.05, 4.69) is 10.1 Å². The Morgan fingerprint density at radius 1 is 1.36 bits per heavy atom. The molecule has 2 aromatic rings. The molecular weight excluding hydrogens is 369 g/mol. The van der Waals surface area contributed by atoms with Crippen LogP contribution >= 0.6 is 0 Å². The van der Waals surface area contributed by atoms with Crippen LogP contribution in [0.3, 0.4) is 0 Å². The summed E-state index contributed by atoms with van der Waals surface area (Å²) in [7, 11) is 1.75. The van der Waals surface area contributed by atoms with Gasteiger partial charge in [0.15, 0.2) is 11.6 Å². The lowest BCUT2D eigenvalue weighted by Crippen LogP contribution is -2.36. The standard InChI is InChI=1S/C19H22FN3O5/c1-9-16-11(10-3-4-10)5-15(28-19(26)27)18(25)23(16)6-12(20)17(9)22-7-13(21-2)14(24)8-22/h5-6,10,13-14,21,24H,3-4,7-8H2,1-2H3,(H,26,27). The first kappa shape index (κ1) is 18.7. The SMILES string of the molecule is CNC1CN(c2c(F)cn3c(=O)c(OC(=O)O)cc(C4CC4)c3c2C)CC1O. The predicted molar refractivity (Wildman–Crippen MR) is 100 cm³/mol. The van der Waals surface area contributed by atoms with Gasteiger partial charge in [0, 0.05) is 13.1 Å². The van der Waals surface area contributed by atoms with Crippen molar-refractivity contribution in [1.82, 2.24) is 9.72 Å². The van der Waals surface area contributed by atoms with E-state index in [4.69, 9.17) is 5.11 Å². The molecule has 3 heterocycles. The van der Waals surface area contributed by atoms with Crippen molar-refractivity contribution in [3.05, 3.63) is 39.6 Å². The molecule has 4 rings (SSSR count). The van der Waals surface area contributed by atoms with Crippen molar-refractivity contribution in [2.75, 3.05) is 25.0 Å². The molecule has 0 amide bonds. The van der Waals surface area contributed by atoms with Gasteiger partial charge in [0.2, 0.25) is 0 Å². The summed E-state index contributed by atoms with van der Waals surface area (Å²) in [5.74, 6) is -0.756. The van der Waals surface area contributed by atoms with E-state index in [-0.39, 0.29) is 24.3 Å². The fourth-order valence-corrected chi connectivity index (χ4v) is 4.13. The van der Waals surface area contributed by atoms with E-state index in [9.17, 15) is 14.7 Å². The summed E-state index contributed by atoms with van der Waals surface area (Å²) >= 11 is 0. The number of ether oxygens (including phenoxy) is 1. The Balaban J connectivity index is 1.92. The van der Waals surface area contributed by atoms with Crippen LogP contribution in [0.25, 0.3) is 5.52 Å².